The van der Waals surface area contributed by atoms with E-state index in [4.69, 9.17) is 38.5 Å². The van der Waals surface area contributed by atoms with Gasteiger partial charge in [0.15, 0.2) is 46.3 Å². The zero-order valence-electron chi connectivity index (χ0n) is 75.2. The molecule has 0 fully saturated rings. The van der Waals surface area contributed by atoms with Gasteiger partial charge in [-0.2, -0.15) is 0 Å². The van der Waals surface area contributed by atoms with E-state index in [-0.39, 0.29) is 71.9 Å². The Balaban J connectivity index is 0.0000000983. The molecule has 0 atom stereocenters. The Labute approximate surface area is 806 Å². The smallest absolute Gasteiger partial charge is 0.171 e. The number of benzene rings is 23. The Bertz CT molecular complexity index is 8370. The molecule has 27 rings (SSSR count). The summed E-state index contributed by atoms with van der Waals surface area (Å²) in [5, 5.41) is 24.6. The first-order valence-electron chi connectivity index (χ1n) is 45.8. The maximum atomic E-state index is 12.6. The first-order chi connectivity index (χ1) is 68.4. The van der Waals surface area contributed by atoms with Crippen molar-refractivity contribution in [2.45, 2.75) is 25.7 Å². The Hall–Kier alpha value is -19.3. The van der Waals surface area contributed by atoms with Crippen molar-refractivity contribution in [2.75, 3.05) is 0 Å². The molecule has 0 unspecified atom stereocenters. The molecule has 0 radical (unpaired) electrons. The predicted molar refractivity (Wildman–Crippen MR) is 569 cm³/mol. The van der Waals surface area contributed by atoms with E-state index in [0.717, 1.165) is 110 Å². The quantitative estimate of drug-likeness (QED) is 0.0695. The van der Waals surface area contributed by atoms with E-state index in [9.17, 15) is 38.4 Å². The highest BCUT2D eigenvalue weighted by atomic mass is 16.2. The first-order valence-corrected chi connectivity index (χ1v) is 45.8. The monoisotopic (exact) mass is 1790 g/mol. The highest BCUT2D eigenvalue weighted by Crippen LogP contribution is 2.51. The second kappa shape index (κ2) is 35.2. The standard InChI is InChI=1S/C30H18.C26H12O4.C24H12.C24H18.C16H8O4.C12H6/c1-4-22-7-13-25(14-8-22)28-19-29(26-15-9-23(5-2)10-16-26)21-30(20-28)27-17-11-24(6-3)12-18-27;27-19-9-20(28)16-7-3-13-14-4-8-18-22(30)10-21(29)17-6-2-12(24(14)26(17)18)11-1-5-15(19)25(16)23(11)13;1-2-14-5-6-16-9-11-18-12-10-17-8-7-15-4-3-13(1)19-20(14)22(16)24(18)23(17)21(15)19;1-4-10-19(11-5-1)22-16-23(20-12-6-2-7-13-20)18-24(17-22)21-14-8-3-9-15-21;17-11-5-13(19)9-3-4-10-14(20)6-12(18)8-2-1-7(11)15(9)16(8)10;1-4-10-7-11(5-2)9-12(6-3)8-10/h1-3,7-21H;1-8H,9-10H2;1-12H;1-18H;1-4H,5-6H2;1-3,7-9H. The van der Waals surface area contributed by atoms with Crippen LogP contribution in [-0.4, -0.2) is 46.3 Å². The molecular formula is C132H74O8. The lowest BCUT2D eigenvalue weighted by Crippen LogP contribution is -2.22. The lowest BCUT2D eigenvalue weighted by molar-refractivity contribution is 0.0869. The number of carbonyl (C=O) groups is 8. The molecule has 0 bridgehead atoms. The Kier molecular flexibility index (Phi) is 21.7. The van der Waals surface area contributed by atoms with Gasteiger partial charge in [-0.05, 0) is 255 Å². The molecule has 0 saturated heterocycles. The molecule has 4 aliphatic rings. The van der Waals surface area contributed by atoms with Gasteiger partial charge < -0.3 is 0 Å². The molecule has 23 aromatic carbocycles. The summed E-state index contributed by atoms with van der Waals surface area (Å²) in [6, 6.07) is 123. The molecule has 8 nitrogen and oxygen atoms in total. The van der Waals surface area contributed by atoms with Gasteiger partial charge in [-0.25, -0.2) is 0 Å². The summed E-state index contributed by atoms with van der Waals surface area (Å²) in [6.07, 6.45) is 31.7. The van der Waals surface area contributed by atoms with Crippen LogP contribution in [0.5, 0.6) is 0 Å². The van der Waals surface area contributed by atoms with Crippen LogP contribution in [0.3, 0.4) is 0 Å². The normalized spacial score (nSPS) is 12.7. The van der Waals surface area contributed by atoms with E-state index in [1.54, 1.807) is 66.7 Å². The van der Waals surface area contributed by atoms with Crippen LogP contribution in [0.1, 0.15) is 142 Å². The summed E-state index contributed by atoms with van der Waals surface area (Å²) in [5.41, 5.74) is 23.0. The largest absolute Gasteiger partial charge is 0.294 e. The van der Waals surface area contributed by atoms with Crippen LogP contribution in [0.15, 0.2) is 364 Å². The van der Waals surface area contributed by atoms with Crippen LogP contribution in [0.25, 0.3) is 185 Å². The lowest BCUT2D eigenvalue weighted by Gasteiger charge is -2.23. The molecule has 0 saturated carbocycles. The zero-order valence-corrected chi connectivity index (χ0v) is 75.2. The Morgan fingerprint density at radius 1 is 0.143 bits per heavy atom. The van der Waals surface area contributed by atoms with E-state index >= 15 is 0 Å². The van der Waals surface area contributed by atoms with E-state index in [1.807, 2.05) is 60.7 Å². The van der Waals surface area contributed by atoms with Crippen LogP contribution in [0, 0.1) is 74.1 Å². The van der Waals surface area contributed by atoms with Gasteiger partial charge in [0.1, 0.15) is 0 Å². The number of fused-ring (bicyclic) bond motifs is 2. The van der Waals surface area contributed by atoms with Gasteiger partial charge in [0.05, 0.1) is 25.7 Å². The van der Waals surface area contributed by atoms with Crippen LogP contribution >= 0.6 is 0 Å². The number of rotatable bonds is 6. The third kappa shape index (κ3) is 15.0. The van der Waals surface area contributed by atoms with Gasteiger partial charge in [0.25, 0.3) is 0 Å². The highest BCUT2D eigenvalue weighted by molar-refractivity contribution is 6.46. The minimum absolute atomic E-state index is 0.0933. The average molecular weight is 1790 g/mol. The van der Waals surface area contributed by atoms with Gasteiger partial charge in [-0.1, -0.05) is 309 Å². The van der Waals surface area contributed by atoms with Crippen molar-refractivity contribution in [3.63, 3.8) is 0 Å². The third-order valence-corrected chi connectivity index (χ3v) is 27.4. The maximum absolute atomic E-state index is 12.6. The Morgan fingerprint density at radius 2 is 0.307 bits per heavy atom. The number of Topliss-reactive ketones (excluding diaryl/α,β-unsaturated/α-hetero) is 8. The molecule has 0 aliphatic heterocycles. The second-order valence-electron chi connectivity index (χ2n) is 35.4. The summed E-state index contributed by atoms with van der Waals surface area (Å²) in [7, 11) is 0. The molecule has 23 aromatic rings. The first kappa shape index (κ1) is 86.1. The number of ketones is 8. The molecular weight excluding hydrogens is 1710 g/mol. The fourth-order valence-electron chi connectivity index (χ4n) is 20.8. The van der Waals surface area contributed by atoms with Gasteiger partial charge in [-0.3, -0.25) is 38.4 Å². The van der Waals surface area contributed by atoms with Crippen molar-refractivity contribution in [1.82, 2.24) is 0 Å². The third-order valence-electron chi connectivity index (χ3n) is 27.4. The number of hydrogen-bond donors (Lipinski definition) is 0. The predicted octanol–water partition coefficient (Wildman–Crippen LogP) is 29.5. The maximum Gasteiger partial charge on any atom is 0.171 e. The molecule has 0 heterocycles. The molecule has 0 aromatic heterocycles. The van der Waals surface area contributed by atoms with Crippen LogP contribution in [0.2, 0.25) is 0 Å². The molecule has 0 spiro atoms. The van der Waals surface area contributed by atoms with Crippen molar-refractivity contribution >= 4 is 165 Å². The van der Waals surface area contributed by atoms with E-state index in [2.05, 4.69) is 272 Å². The van der Waals surface area contributed by atoms with Crippen molar-refractivity contribution < 1.29 is 38.4 Å². The molecule has 140 heavy (non-hydrogen) atoms. The minimum atomic E-state index is -0.253. The molecule has 0 amide bonds. The SMILES string of the molecule is C#Cc1cc(C#C)cc(C#C)c1.C#Cc1ccc(-c2cc(-c3ccc(C#C)cc3)cc(-c3ccc(C#C)cc3)c2)cc1.O=C1CC(=O)c2ccc3c4c(ccc1c24)C(=O)CC3=O.O=C1CC(=O)c2ccc3c4ccc5c6c(ccc(c7ccc1c2c73)c64)C(=O)CC5=O.c1cc2ccc3ccc4ccc5ccc6ccc1c1c2c3c4c5c61.c1ccc(-c2cc(-c3ccccc3)cc(-c3ccccc3)c2)cc1. The Morgan fingerprint density at radius 3 is 0.486 bits per heavy atom. The summed E-state index contributed by atoms with van der Waals surface area (Å²) in [6.45, 7) is 0. The van der Waals surface area contributed by atoms with Crippen molar-refractivity contribution in [3.05, 3.63) is 442 Å². The van der Waals surface area contributed by atoms with Crippen molar-refractivity contribution in [2.24, 2.45) is 0 Å². The average Bonchev–Trinajstić information content (AvgIpc) is 0.702. The van der Waals surface area contributed by atoms with Crippen LogP contribution < -0.4 is 0 Å². The van der Waals surface area contributed by atoms with Crippen molar-refractivity contribution in [3.8, 4) is 141 Å². The van der Waals surface area contributed by atoms with Crippen molar-refractivity contribution in [1.29, 1.82) is 0 Å². The topological polar surface area (TPSA) is 137 Å². The van der Waals surface area contributed by atoms with Crippen LogP contribution in [0.4, 0.5) is 0 Å². The molecule has 0 N–H and O–H groups in total. The van der Waals surface area contributed by atoms with Gasteiger partial charge in [-0.15, -0.1) is 38.5 Å². The molecule has 650 valence electrons. The highest BCUT2D eigenvalue weighted by Gasteiger charge is 2.35. The lowest BCUT2D eigenvalue weighted by atomic mass is 9.79. The molecule has 8 heteroatoms. The van der Waals surface area contributed by atoms with E-state index < -0.39 is 0 Å². The van der Waals surface area contributed by atoms with Gasteiger partial charge >= 0.3 is 0 Å². The minimum Gasteiger partial charge on any atom is -0.294 e. The molecule has 4 aliphatic carbocycles. The zero-order chi connectivity index (χ0) is 95.8. The fourth-order valence-corrected chi connectivity index (χ4v) is 20.8. The van der Waals surface area contributed by atoms with Gasteiger partial charge in [0.2, 0.25) is 0 Å². The second-order valence-corrected chi connectivity index (χ2v) is 35.4. The van der Waals surface area contributed by atoms with Gasteiger partial charge in [0, 0.05) is 99.4 Å². The summed E-state index contributed by atoms with van der Waals surface area (Å²) in [4.78, 5) is 98.2. The summed E-state index contributed by atoms with van der Waals surface area (Å²) in [5.74, 6) is 13.9. The van der Waals surface area contributed by atoms with Crippen LogP contribution in [-0.2, 0) is 0 Å². The summed E-state index contributed by atoms with van der Waals surface area (Å²) < 4.78 is 0. The number of carbonyl (C=O) groups excluding carboxylic acids is 8. The van der Waals surface area contributed by atoms with E-state index in [1.165, 1.54) is 98.0 Å². The summed E-state index contributed by atoms with van der Waals surface area (Å²) >= 11 is 0. The fraction of sp³-hybridized carbons (Fsp3) is 0.0303. The van der Waals surface area contributed by atoms with E-state index in [0.29, 0.717) is 55.3 Å². The number of terminal acetylenes is 6. The number of hydrogen-bond acceptors (Lipinski definition) is 8.